The normalized spacial score (nSPS) is 10.6. The van der Waals surface area contributed by atoms with Gasteiger partial charge in [0.25, 0.3) is 5.91 Å². The fourth-order valence-electron chi connectivity index (χ4n) is 1.96. The van der Waals surface area contributed by atoms with E-state index in [1.165, 1.54) is 0 Å². The Labute approximate surface area is 134 Å². The topological polar surface area (TPSA) is 46.9 Å². The minimum atomic E-state index is -0.122. The number of halogens is 2. The molecule has 0 saturated carbocycles. The average molecular weight is 326 g/mol. The van der Waals surface area contributed by atoms with Crippen molar-refractivity contribution in [2.24, 2.45) is 0 Å². The van der Waals surface area contributed by atoms with Crippen molar-refractivity contribution in [1.29, 1.82) is 0 Å². The lowest BCUT2D eigenvalue weighted by Gasteiger charge is -2.06. The number of imidazole rings is 1. The molecule has 0 radical (unpaired) electrons. The number of nitrogens with zero attached hydrogens (tertiary/aromatic N) is 2. The molecule has 1 N–H and O–H groups in total. The second-order valence-electron chi connectivity index (χ2n) is 4.75. The van der Waals surface area contributed by atoms with Crippen LogP contribution in [0.1, 0.15) is 29.6 Å². The molecule has 2 aromatic rings. The maximum Gasteiger partial charge on any atom is 0.251 e. The zero-order valence-electron chi connectivity index (χ0n) is 11.6. The SMILES string of the molecule is O=C(NCCCCCn1ccnc1)c1ccc(Cl)c(Cl)c1. The molecule has 0 aliphatic carbocycles. The van der Waals surface area contributed by atoms with Crippen molar-refractivity contribution in [2.45, 2.75) is 25.8 Å². The van der Waals surface area contributed by atoms with Gasteiger partial charge in [0.05, 0.1) is 16.4 Å². The first-order valence-electron chi connectivity index (χ1n) is 6.86. The third kappa shape index (κ3) is 5.06. The largest absolute Gasteiger partial charge is 0.352 e. The molecule has 4 nitrogen and oxygen atoms in total. The maximum atomic E-state index is 11.9. The highest BCUT2D eigenvalue weighted by Crippen LogP contribution is 2.22. The van der Waals surface area contributed by atoms with Crippen molar-refractivity contribution in [2.75, 3.05) is 6.54 Å². The second-order valence-corrected chi connectivity index (χ2v) is 5.56. The van der Waals surface area contributed by atoms with E-state index in [1.807, 2.05) is 17.1 Å². The molecule has 1 amide bonds. The maximum absolute atomic E-state index is 11.9. The first kappa shape index (κ1) is 15.9. The van der Waals surface area contributed by atoms with E-state index in [1.54, 1.807) is 24.4 Å². The number of rotatable bonds is 7. The van der Waals surface area contributed by atoms with Crippen LogP contribution in [0.3, 0.4) is 0 Å². The quantitative estimate of drug-likeness (QED) is 0.787. The van der Waals surface area contributed by atoms with Gasteiger partial charge in [-0.15, -0.1) is 0 Å². The molecular weight excluding hydrogens is 309 g/mol. The highest BCUT2D eigenvalue weighted by Gasteiger charge is 2.07. The molecule has 0 unspecified atom stereocenters. The number of nitrogens with one attached hydrogen (secondary N) is 1. The Bertz CT molecular complexity index is 585. The molecule has 1 heterocycles. The summed E-state index contributed by atoms with van der Waals surface area (Å²) in [4.78, 5) is 15.9. The number of hydrogen-bond donors (Lipinski definition) is 1. The highest BCUT2D eigenvalue weighted by molar-refractivity contribution is 6.42. The van der Waals surface area contributed by atoms with Crippen LogP contribution < -0.4 is 5.32 Å². The summed E-state index contributed by atoms with van der Waals surface area (Å²) < 4.78 is 2.05. The first-order valence-corrected chi connectivity index (χ1v) is 7.61. The molecule has 2 rings (SSSR count). The molecule has 0 saturated heterocycles. The van der Waals surface area contributed by atoms with E-state index in [9.17, 15) is 4.79 Å². The van der Waals surface area contributed by atoms with Crippen molar-refractivity contribution in [1.82, 2.24) is 14.9 Å². The Morgan fingerprint density at radius 3 is 2.76 bits per heavy atom. The van der Waals surface area contributed by atoms with Gasteiger partial charge in [0.1, 0.15) is 0 Å². The van der Waals surface area contributed by atoms with Gasteiger partial charge in [0.15, 0.2) is 0 Å². The van der Waals surface area contributed by atoms with Gasteiger partial charge in [0.2, 0.25) is 0 Å². The number of amides is 1. The van der Waals surface area contributed by atoms with E-state index in [0.29, 0.717) is 22.2 Å². The summed E-state index contributed by atoms with van der Waals surface area (Å²) in [7, 11) is 0. The number of benzene rings is 1. The molecular formula is C15H17Cl2N3O. The van der Waals surface area contributed by atoms with E-state index >= 15 is 0 Å². The molecule has 0 bridgehead atoms. The van der Waals surface area contributed by atoms with Crippen LogP contribution in [0.4, 0.5) is 0 Å². The van der Waals surface area contributed by atoms with Crippen LogP contribution in [0.25, 0.3) is 0 Å². The van der Waals surface area contributed by atoms with Crippen molar-refractivity contribution in [3.05, 3.63) is 52.5 Å². The molecule has 0 spiro atoms. The minimum absolute atomic E-state index is 0.122. The number of aromatic nitrogens is 2. The van der Waals surface area contributed by atoms with Gasteiger partial charge in [-0.1, -0.05) is 23.2 Å². The Balaban J connectivity index is 1.63. The third-order valence-electron chi connectivity index (χ3n) is 3.12. The fourth-order valence-corrected chi connectivity index (χ4v) is 2.25. The Morgan fingerprint density at radius 1 is 1.19 bits per heavy atom. The van der Waals surface area contributed by atoms with Crippen molar-refractivity contribution in [3.8, 4) is 0 Å². The van der Waals surface area contributed by atoms with Gasteiger partial charge >= 0.3 is 0 Å². The first-order chi connectivity index (χ1) is 10.2. The smallest absolute Gasteiger partial charge is 0.251 e. The lowest BCUT2D eigenvalue weighted by atomic mass is 10.2. The lowest BCUT2D eigenvalue weighted by molar-refractivity contribution is 0.0953. The number of carbonyl (C=O) groups is 1. The summed E-state index contributed by atoms with van der Waals surface area (Å²) in [6.07, 6.45) is 8.61. The predicted octanol–water partition coefficient (Wildman–Crippen LogP) is 3.79. The zero-order chi connectivity index (χ0) is 15.1. The van der Waals surface area contributed by atoms with Crippen LogP contribution in [0, 0.1) is 0 Å². The Hall–Kier alpha value is -1.52. The monoisotopic (exact) mass is 325 g/mol. The predicted molar refractivity (Wildman–Crippen MR) is 84.9 cm³/mol. The highest BCUT2D eigenvalue weighted by atomic mass is 35.5. The number of carbonyl (C=O) groups excluding carboxylic acids is 1. The molecule has 1 aromatic carbocycles. The zero-order valence-corrected chi connectivity index (χ0v) is 13.1. The van der Waals surface area contributed by atoms with E-state index in [4.69, 9.17) is 23.2 Å². The van der Waals surface area contributed by atoms with E-state index in [0.717, 1.165) is 25.8 Å². The van der Waals surface area contributed by atoms with Crippen molar-refractivity contribution < 1.29 is 4.79 Å². The van der Waals surface area contributed by atoms with Crippen molar-refractivity contribution in [3.63, 3.8) is 0 Å². The third-order valence-corrected chi connectivity index (χ3v) is 3.86. The van der Waals surface area contributed by atoms with Gasteiger partial charge in [-0.2, -0.15) is 0 Å². The summed E-state index contributed by atoms with van der Waals surface area (Å²) >= 11 is 11.7. The molecule has 1 aromatic heterocycles. The van der Waals surface area contributed by atoms with Crippen LogP contribution >= 0.6 is 23.2 Å². The number of aryl methyl sites for hydroxylation is 1. The second kappa shape index (κ2) is 8.05. The summed E-state index contributed by atoms with van der Waals surface area (Å²) in [5.41, 5.74) is 0.530. The van der Waals surface area contributed by atoms with Gasteiger partial charge < -0.3 is 9.88 Å². The van der Waals surface area contributed by atoms with Gasteiger partial charge in [-0.25, -0.2) is 4.98 Å². The van der Waals surface area contributed by atoms with Crippen LogP contribution in [0.5, 0.6) is 0 Å². The molecule has 0 aliphatic heterocycles. The standard InChI is InChI=1S/C15H17Cl2N3O/c16-13-5-4-12(10-14(13)17)15(21)19-6-2-1-3-8-20-9-7-18-11-20/h4-5,7,9-11H,1-3,6,8H2,(H,19,21). The van der Waals surface area contributed by atoms with Crippen LogP contribution in [0.2, 0.25) is 10.0 Å². The van der Waals surface area contributed by atoms with E-state index in [-0.39, 0.29) is 5.91 Å². The fraction of sp³-hybridized carbons (Fsp3) is 0.333. The van der Waals surface area contributed by atoms with Crippen molar-refractivity contribution >= 4 is 29.1 Å². The number of hydrogen-bond acceptors (Lipinski definition) is 2. The van der Waals surface area contributed by atoms with Gasteiger partial charge in [0, 0.05) is 31.0 Å². The minimum Gasteiger partial charge on any atom is -0.352 e. The van der Waals surface area contributed by atoms with Crippen LogP contribution in [-0.4, -0.2) is 22.0 Å². The molecule has 112 valence electrons. The van der Waals surface area contributed by atoms with Gasteiger partial charge in [-0.05, 0) is 37.5 Å². The molecule has 6 heteroatoms. The Kier molecular flexibility index (Phi) is 6.08. The molecule has 0 aliphatic rings. The van der Waals surface area contributed by atoms with E-state index in [2.05, 4.69) is 10.3 Å². The summed E-state index contributed by atoms with van der Waals surface area (Å²) in [6.45, 7) is 1.61. The number of unbranched alkanes of at least 4 members (excludes halogenated alkanes) is 2. The summed E-state index contributed by atoms with van der Waals surface area (Å²) in [5, 5.41) is 3.72. The molecule has 0 atom stereocenters. The van der Waals surface area contributed by atoms with Crippen LogP contribution in [-0.2, 0) is 6.54 Å². The summed E-state index contributed by atoms with van der Waals surface area (Å²) in [6, 6.07) is 4.88. The van der Waals surface area contributed by atoms with Gasteiger partial charge in [-0.3, -0.25) is 4.79 Å². The molecule has 21 heavy (non-hydrogen) atoms. The average Bonchev–Trinajstić information content (AvgIpc) is 2.98. The summed E-state index contributed by atoms with van der Waals surface area (Å²) in [5.74, 6) is -0.122. The molecule has 0 fully saturated rings. The Morgan fingerprint density at radius 2 is 2.05 bits per heavy atom. The van der Waals surface area contributed by atoms with Crippen LogP contribution in [0.15, 0.2) is 36.9 Å². The van der Waals surface area contributed by atoms with E-state index < -0.39 is 0 Å². The lowest BCUT2D eigenvalue weighted by Crippen LogP contribution is -2.24.